The molecule has 0 spiro atoms. The molecule has 1 aliphatic rings. The van der Waals surface area contributed by atoms with Crippen LogP contribution < -0.4 is 4.74 Å². The van der Waals surface area contributed by atoms with Gasteiger partial charge in [0.2, 0.25) is 0 Å². The lowest BCUT2D eigenvalue weighted by Gasteiger charge is -2.32. The minimum Gasteiger partial charge on any atom is -0.497 e. The smallest absolute Gasteiger partial charge is 0.325 e. The first-order valence-corrected chi connectivity index (χ1v) is 5.91. The zero-order valence-electron chi connectivity index (χ0n) is 10.3. The molecule has 0 aliphatic carbocycles. The molecule has 0 bridgehead atoms. The maximum absolute atomic E-state index is 11.5. The van der Waals surface area contributed by atoms with E-state index >= 15 is 0 Å². The van der Waals surface area contributed by atoms with Crippen LogP contribution in [0.2, 0.25) is 0 Å². The van der Waals surface area contributed by atoms with Gasteiger partial charge in [0.05, 0.1) is 20.3 Å². The molecule has 0 aromatic heterocycles. The predicted molar refractivity (Wildman–Crippen MR) is 65.8 cm³/mol. The molecule has 0 radical (unpaired) electrons. The number of hydrogen-bond acceptors (Lipinski definition) is 4. The molecule has 1 fully saturated rings. The van der Waals surface area contributed by atoms with Crippen LogP contribution in [0, 0.1) is 0 Å². The zero-order valence-corrected chi connectivity index (χ0v) is 10.3. The molecular weight excluding hydrogens is 234 g/mol. The van der Waals surface area contributed by atoms with Gasteiger partial charge in [0.1, 0.15) is 11.8 Å². The monoisotopic (exact) mass is 251 g/mol. The number of ether oxygens (including phenoxy) is 2. The first-order chi connectivity index (χ1) is 8.72. The Hall–Kier alpha value is -1.59. The minimum atomic E-state index is -0.842. The number of benzene rings is 1. The van der Waals surface area contributed by atoms with Crippen molar-refractivity contribution in [3.05, 3.63) is 29.8 Å². The van der Waals surface area contributed by atoms with E-state index in [9.17, 15) is 9.90 Å². The van der Waals surface area contributed by atoms with Crippen molar-refractivity contribution in [2.75, 3.05) is 33.4 Å². The Labute approximate surface area is 106 Å². The second-order valence-electron chi connectivity index (χ2n) is 4.17. The fraction of sp³-hybridized carbons (Fsp3) is 0.462. The van der Waals surface area contributed by atoms with Crippen molar-refractivity contribution in [1.29, 1.82) is 0 Å². The Balaban J connectivity index is 2.25. The summed E-state index contributed by atoms with van der Waals surface area (Å²) >= 11 is 0. The number of morpholine rings is 1. The maximum Gasteiger partial charge on any atom is 0.325 e. The van der Waals surface area contributed by atoms with E-state index in [0.717, 1.165) is 5.56 Å². The third kappa shape index (κ3) is 2.80. The van der Waals surface area contributed by atoms with E-state index in [-0.39, 0.29) is 0 Å². The van der Waals surface area contributed by atoms with E-state index in [2.05, 4.69) is 0 Å². The normalized spacial score (nSPS) is 18.3. The topological polar surface area (TPSA) is 59.0 Å². The van der Waals surface area contributed by atoms with Crippen LogP contribution in [0.5, 0.6) is 5.75 Å². The van der Waals surface area contributed by atoms with Crippen molar-refractivity contribution in [2.24, 2.45) is 0 Å². The van der Waals surface area contributed by atoms with E-state index < -0.39 is 12.0 Å². The Morgan fingerprint density at radius 1 is 1.44 bits per heavy atom. The van der Waals surface area contributed by atoms with Crippen LogP contribution in [0.15, 0.2) is 24.3 Å². The van der Waals surface area contributed by atoms with Crippen molar-refractivity contribution in [1.82, 2.24) is 4.90 Å². The summed E-state index contributed by atoms with van der Waals surface area (Å²) in [6, 6.07) is 6.57. The third-order valence-corrected chi connectivity index (χ3v) is 3.05. The van der Waals surface area contributed by atoms with E-state index in [4.69, 9.17) is 9.47 Å². The van der Waals surface area contributed by atoms with Gasteiger partial charge in [-0.1, -0.05) is 12.1 Å². The van der Waals surface area contributed by atoms with E-state index in [1.165, 1.54) is 0 Å². The van der Waals surface area contributed by atoms with Crippen LogP contribution >= 0.6 is 0 Å². The third-order valence-electron chi connectivity index (χ3n) is 3.05. The lowest BCUT2D eigenvalue weighted by molar-refractivity contribution is -0.145. The second-order valence-corrected chi connectivity index (χ2v) is 4.17. The van der Waals surface area contributed by atoms with Crippen molar-refractivity contribution < 1.29 is 19.4 Å². The molecule has 0 amide bonds. The zero-order chi connectivity index (χ0) is 13.0. The quantitative estimate of drug-likeness (QED) is 0.870. The predicted octanol–water partition coefficient (Wildman–Crippen LogP) is 1.15. The SMILES string of the molecule is COc1cccc([C@@H](C(=O)O)N2CCOCC2)c1. The summed E-state index contributed by atoms with van der Waals surface area (Å²) in [5.74, 6) is -0.169. The molecule has 2 rings (SSSR count). The van der Waals surface area contributed by atoms with E-state index in [1.807, 2.05) is 23.1 Å². The molecule has 5 heteroatoms. The van der Waals surface area contributed by atoms with Crippen molar-refractivity contribution in [3.63, 3.8) is 0 Å². The lowest BCUT2D eigenvalue weighted by atomic mass is 10.0. The molecule has 0 saturated carbocycles. The highest BCUT2D eigenvalue weighted by molar-refractivity contribution is 5.75. The van der Waals surface area contributed by atoms with Crippen molar-refractivity contribution in [3.8, 4) is 5.75 Å². The molecule has 1 aromatic carbocycles. The van der Waals surface area contributed by atoms with Crippen LogP contribution in [0.1, 0.15) is 11.6 Å². The largest absolute Gasteiger partial charge is 0.497 e. The number of hydrogen-bond donors (Lipinski definition) is 1. The molecular formula is C13H17NO4. The van der Waals surface area contributed by atoms with E-state index in [1.54, 1.807) is 13.2 Å². The standard InChI is InChI=1S/C13H17NO4/c1-17-11-4-2-3-10(9-11)12(13(15)16)14-5-7-18-8-6-14/h2-4,9,12H,5-8H2,1H3,(H,15,16)/t12-/m0/s1. The van der Waals surface area contributed by atoms with Crippen LogP contribution in [-0.2, 0) is 9.53 Å². The van der Waals surface area contributed by atoms with Crippen LogP contribution in [0.25, 0.3) is 0 Å². The molecule has 0 unspecified atom stereocenters. The van der Waals surface area contributed by atoms with Gasteiger partial charge in [0.15, 0.2) is 0 Å². The Morgan fingerprint density at radius 2 is 2.17 bits per heavy atom. The van der Waals surface area contributed by atoms with Gasteiger partial charge in [0.25, 0.3) is 0 Å². The van der Waals surface area contributed by atoms with Gasteiger partial charge in [-0.25, -0.2) is 0 Å². The van der Waals surface area contributed by atoms with Gasteiger partial charge in [0, 0.05) is 13.1 Å². The van der Waals surface area contributed by atoms with Crippen LogP contribution in [0.4, 0.5) is 0 Å². The first kappa shape index (κ1) is 12.9. The van der Waals surface area contributed by atoms with Crippen molar-refractivity contribution in [2.45, 2.75) is 6.04 Å². The van der Waals surface area contributed by atoms with Crippen molar-refractivity contribution >= 4 is 5.97 Å². The van der Waals surface area contributed by atoms with Gasteiger partial charge in [-0.2, -0.15) is 0 Å². The highest BCUT2D eigenvalue weighted by Gasteiger charge is 2.28. The van der Waals surface area contributed by atoms with Gasteiger partial charge < -0.3 is 14.6 Å². The summed E-state index contributed by atoms with van der Waals surface area (Å²) in [6.45, 7) is 2.42. The number of methoxy groups -OCH3 is 1. The van der Waals surface area contributed by atoms with Gasteiger partial charge in [-0.05, 0) is 17.7 Å². The summed E-state index contributed by atoms with van der Waals surface area (Å²) < 4.78 is 10.4. The summed E-state index contributed by atoms with van der Waals surface area (Å²) in [6.07, 6.45) is 0. The second kappa shape index (κ2) is 5.84. The first-order valence-electron chi connectivity index (χ1n) is 5.91. The average molecular weight is 251 g/mol. The summed E-state index contributed by atoms with van der Waals surface area (Å²) in [5.41, 5.74) is 0.740. The average Bonchev–Trinajstić information content (AvgIpc) is 2.40. The van der Waals surface area contributed by atoms with Crippen LogP contribution in [-0.4, -0.2) is 49.4 Å². The Kier molecular flexibility index (Phi) is 4.17. The molecule has 1 N–H and O–H groups in total. The summed E-state index contributed by atoms with van der Waals surface area (Å²) in [7, 11) is 1.57. The lowest BCUT2D eigenvalue weighted by Crippen LogP contribution is -2.42. The van der Waals surface area contributed by atoms with E-state index in [0.29, 0.717) is 32.1 Å². The Bertz CT molecular complexity index is 415. The minimum absolute atomic E-state index is 0.577. The number of carbonyl (C=O) groups is 1. The highest BCUT2D eigenvalue weighted by atomic mass is 16.5. The fourth-order valence-electron chi connectivity index (χ4n) is 2.16. The fourth-order valence-corrected chi connectivity index (χ4v) is 2.16. The van der Waals surface area contributed by atoms with Gasteiger partial charge in [-0.3, -0.25) is 9.69 Å². The maximum atomic E-state index is 11.5. The summed E-state index contributed by atoms with van der Waals surface area (Å²) in [4.78, 5) is 13.4. The molecule has 1 heterocycles. The Morgan fingerprint density at radius 3 is 2.78 bits per heavy atom. The number of nitrogens with zero attached hydrogens (tertiary/aromatic N) is 1. The molecule has 1 atom stereocenters. The molecule has 1 aliphatic heterocycles. The molecule has 98 valence electrons. The highest BCUT2D eigenvalue weighted by Crippen LogP contribution is 2.25. The van der Waals surface area contributed by atoms with Crippen LogP contribution in [0.3, 0.4) is 0 Å². The number of rotatable bonds is 4. The molecule has 1 saturated heterocycles. The van der Waals surface area contributed by atoms with Gasteiger partial charge >= 0.3 is 5.97 Å². The summed E-state index contributed by atoms with van der Waals surface area (Å²) in [5, 5.41) is 9.42. The van der Waals surface area contributed by atoms with Gasteiger partial charge in [-0.15, -0.1) is 0 Å². The molecule has 1 aromatic rings. The number of carboxylic acid groups (broad SMARTS) is 1. The number of aliphatic carboxylic acids is 1. The molecule has 18 heavy (non-hydrogen) atoms. The molecule has 5 nitrogen and oxygen atoms in total. The number of carboxylic acids is 1.